The van der Waals surface area contributed by atoms with E-state index in [4.69, 9.17) is 0 Å². The quantitative estimate of drug-likeness (QED) is 0.307. The molecule has 0 saturated heterocycles. The molecule has 0 atom stereocenters. The lowest BCUT2D eigenvalue weighted by atomic mass is 10.3. The average molecular weight is 521 g/mol. The maximum atomic E-state index is 12.6. The highest BCUT2D eigenvalue weighted by Gasteiger charge is 2.24. The maximum absolute atomic E-state index is 12.6. The molecule has 168 valence electrons. The van der Waals surface area contributed by atoms with Crippen molar-refractivity contribution in [3.63, 3.8) is 0 Å². The molecule has 0 bridgehead atoms. The average Bonchev–Trinajstić information content (AvgIpc) is 2.75. The number of sulfonamides is 1. The lowest BCUT2D eigenvalue weighted by Crippen LogP contribution is -2.30. The molecule has 1 aromatic heterocycles. The minimum Gasteiger partial charge on any atom is -0.334 e. The predicted octanol–water partition coefficient (Wildman–Crippen LogP) is 4.67. The lowest BCUT2D eigenvalue weighted by molar-refractivity contribution is -0.383. The third-order valence-corrected chi connectivity index (χ3v) is 7.11. The zero-order valence-electron chi connectivity index (χ0n) is 17.3. The molecule has 3 aromatic rings. The first-order valence-electron chi connectivity index (χ1n) is 9.65. The molecule has 0 spiro atoms. The van der Waals surface area contributed by atoms with E-state index in [1.54, 1.807) is 32.0 Å². The van der Waals surface area contributed by atoms with Gasteiger partial charge in [-0.2, -0.15) is 4.31 Å². The molecule has 2 N–H and O–H groups in total. The molecule has 1 heterocycles. The van der Waals surface area contributed by atoms with Crippen LogP contribution in [0.2, 0.25) is 0 Å². The SMILES string of the molecule is CCN(CC)S(=O)(=O)c1ccc(Nc2ncnc(Nc3cccc(Br)c3)c2[N+](=O)[O-])cc1. The van der Waals surface area contributed by atoms with Gasteiger partial charge in [0, 0.05) is 28.9 Å². The minimum atomic E-state index is -3.60. The molecule has 12 heteroatoms. The summed E-state index contributed by atoms with van der Waals surface area (Å²) in [5.41, 5.74) is 0.712. The van der Waals surface area contributed by atoms with Crippen molar-refractivity contribution in [1.82, 2.24) is 14.3 Å². The van der Waals surface area contributed by atoms with Crippen LogP contribution in [0.1, 0.15) is 13.8 Å². The molecule has 0 amide bonds. The summed E-state index contributed by atoms with van der Waals surface area (Å²) < 4.78 is 27.4. The lowest BCUT2D eigenvalue weighted by Gasteiger charge is -2.18. The van der Waals surface area contributed by atoms with Crippen LogP contribution in [0, 0.1) is 10.1 Å². The first-order chi connectivity index (χ1) is 15.3. The first-order valence-corrected chi connectivity index (χ1v) is 11.9. The zero-order valence-corrected chi connectivity index (χ0v) is 19.7. The Bertz CT molecular complexity index is 1220. The van der Waals surface area contributed by atoms with Crippen LogP contribution in [0.4, 0.5) is 28.7 Å². The Balaban J connectivity index is 1.90. The summed E-state index contributed by atoms with van der Waals surface area (Å²) in [6.45, 7) is 4.26. The Labute approximate surface area is 194 Å². The molecular weight excluding hydrogens is 500 g/mol. The number of nitrogens with zero attached hydrogens (tertiary/aromatic N) is 4. The van der Waals surface area contributed by atoms with Crippen molar-refractivity contribution in [1.29, 1.82) is 0 Å². The van der Waals surface area contributed by atoms with Gasteiger partial charge in [0.1, 0.15) is 6.33 Å². The van der Waals surface area contributed by atoms with Gasteiger partial charge in [-0.05, 0) is 42.5 Å². The van der Waals surface area contributed by atoms with E-state index in [1.807, 2.05) is 6.07 Å². The molecule has 0 fully saturated rings. The van der Waals surface area contributed by atoms with E-state index >= 15 is 0 Å². The number of nitro groups is 1. The maximum Gasteiger partial charge on any atom is 0.353 e. The summed E-state index contributed by atoms with van der Waals surface area (Å²) in [5, 5.41) is 17.6. The molecule has 0 aliphatic carbocycles. The first kappa shape index (κ1) is 23.6. The van der Waals surface area contributed by atoms with Crippen molar-refractivity contribution in [3.8, 4) is 0 Å². The summed E-state index contributed by atoms with van der Waals surface area (Å²) in [4.78, 5) is 19.3. The second-order valence-corrected chi connectivity index (χ2v) is 9.40. The van der Waals surface area contributed by atoms with Crippen LogP contribution < -0.4 is 10.6 Å². The number of anilines is 4. The van der Waals surface area contributed by atoms with Crippen molar-refractivity contribution in [2.45, 2.75) is 18.7 Å². The van der Waals surface area contributed by atoms with E-state index in [9.17, 15) is 18.5 Å². The third kappa shape index (κ3) is 5.21. The number of hydrogen-bond donors (Lipinski definition) is 2. The van der Waals surface area contributed by atoms with Crippen LogP contribution in [0.15, 0.2) is 64.2 Å². The Hall–Kier alpha value is -3.09. The van der Waals surface area contributed by atoms with Gasteiger partial charge in [-0.3, -0.25) is 10.1 Å². The van der Waals surface area contributed by atoms with Crippen molar-refractivity contribution < 1.29 is 13.3 Å². The fourth-order valence-corrected chi connectivity index (χ4v) is 4.85. The Morgan fingerprint density at radius 1 is 1.00 bits per heavy atom. The normalized spacial score (nSPS) is 11.4. The van der Waals surface area contributed by atoms with Gasteiger partial charge in [0.15, 0.2) is 0 Å². The fraction of sp³-hybridized carbons (Fsp3) is 0.200. The van der Waals surface area contributed by atoms with Gasteiger partial charge in [0.25, 0.3) is 0 Å². The third-order valence-electron chi connectivity index (χ3n) is 4.55. The van der Waals surface area contributed by atoms with Gasteiger partial charge < -0.3 is 10.6 Å². The van der Waals surface area contributed by atoms with Crippen molar-refractivity contribution in [2.75, 3.05) is 23.7 Å². The standard InChI is InChI=1S/C20H21BrN6O4S/c1-3-26(4-2)32(30,31)17-10-8-15(9-11-17)24-19-18(27(28)29)20(23-13-22-19)25-16-7-5-6-14(21)12-16/h5-13H,3-4H2,1-2H3,(H2,22,23,24,25). The van der Waals surface area contributed by atoms with Gasteiger partial charge in [0.2, 0.25) is 21.7 Å². The Morgan fingerprint density at radius 2 is 1.59 bits per heavy atom. The highest BCUT2D eigenvalue weighted by atomic mass is 79.9. The number of nitrogens with one attached hydrogen (secondary N) is 2. The summed E-state index contributed by atoms with van der Waals surface area (Å²) >= 11 is 3.35. The van der Waals surface area contributed by atoms with Crippen LogP contribution >= 0.6 is 15.9 Å². The molecule has 3 rings (SSSR count). The molecule has 2 aromatic carbocycles. The zero-order chi connectivity index (χ0) is 23.3. The molecule has 32 heavy (non-hydrogen) atoms. The van der Waals surface area contributed by atoms with E-state index in [2.05, 4.69) is 36.5 Å². The summed E-state index contributed by atoms with van der Waals surface area (Å²) in [7, 11) is -3.60. The van der Waals surface area contributed by atoms with Gasteiger partial charge >= 0.3 is 5.69 Å². The monoisotopic (exact) mass is 520 g/mol. The highest BCUT2D eigenvalue weighted by molar-refractivity contribution is 9.10. The van der Waals surface area contributed by atoms with E-state index in [0.29, 0.717) is 24.5 Å². The van der Waals surface area contributed by atoms with Gasteiger partial charge in [-0.1, -0.05) is 35.8 Å². The largest absolute Gasteiger partial charge is 0.353 e. The molecule has 0 saturated carbocycles. The van der Waals surface area contributed by atoms with Gasteiger partial charge in [0.05, 0.1) is 9.82 Å². The van der Waals surface area contributed by atoms with E-state index in [-0.39, 0.29) is 22.2 Å². The molecule has 0 radical (unpaired) electrons. The van der Waals surface area contributed by atoms with E-state index in [1.165, 1.54) is 34.9 Å². The van der Waals surface area contributed by atoms with Crippen LogP contribution in [0.3, 0.4) is 0 Å². The minimum absolute atomic E-state index is 0.0198. The predicted molar refractivity (Wildman–Crippen MR) is 126 cm³/mol. The second-order valence-electron chi connectivity index (χ2n) is 6.55. The number of benzene rings is 2. The fourth-order valence-electron chi connectivity index (χ4n) is 3.00. The number of halogens is 1. The summed E-state index contributed by atoms with van der Waals surface area (Å²) in [6, 6.07) is 13.1. The van der Waals surface area contributed by atoms with E-state index in [0.717, 1.165) is 4.47 Å². The summed E-state index contributed by atoms with van der Waals surface area (Å²) in [5.74, 6) is -0.00632. The topological polar surface area (TPSA) is 130 Å². The molecule has 10 nitrogen and oxygen atoms in total. The highest BCUT2D eigenvalue weighted by Crippen LogP contribution is 2.33. The van der Waals surface area contributed by atoms with E-state index < -0.39 is 14.9 Å². The smallest absolute Gasteiger partial charge is 0.334 e. The van der Waals surface area contributed by atoms with Crippen LogP contribution in [-0.4, -0.2) is 40.7 Å². The Morgan fingerprint density at radius 3 is 2.12 bits per heavy atom. The van der Waals surface area contributed by atoms with Crippen molar-refractivity contribution in [2.24, 2.45) is 0 Å². The number of aromatic nitrogens is 2. The molecule has 0 unspecified atom stereocenters. The van der Waals surface area contributed by atoms with Crippen LogP contribution in [0.5, 0.6) is 0 Å². The second kappa shape index (κ2) is 10.0. The Kier molecular flexibility index (Phi) is 7.38. The van der Waals surface area contributed by atoms with Crippen molar-refractivity contribution >= 4 is 54.7 Å². The summed E-state index contributed by atoms with van der Waals surface area (Å²) in [6.07, 6.45) is 1.20. The van der Waals surface area contributed by atoms with Crippen LogP contribution in [-0.2, 0) is 10.0 Å². The molecule has 0 aliphatic heterocycles. The molecular formula is C20H21BrN6O4S. The number of hydrogen-bond acceptors (Lipinski definition) is 8. The van der Waals surface area contributed by atoms with Gasteiger partial charge in [-0.15, -0.1) is 0 Å². The number of rotatable bonds is 9. The van der Waals surface area contributed by atoms with Gasteiger partial charge in [-0.25, -0.2) is 18.4 Å². The molecule has 0 aliphatic rings. The van der Waals surface area contributed by atoms with Crippen molar-refractivity contribution in [3.05, 3.63) is 69.4 Å². The van der Waals surface area contributed by atoms with Crippen LogP contribution in [0.25, 0.3) is 0 Å².